The molecule has 2 heterocycles. The fourth-order valence-electron chi connectivity index (χ4n) is 2.62. The van der Waals surface area contributed by atoms with Gasteiger partial charge in [-0.1, -0.05) is 6.92 Å². The van der Waals surface area contributed by atoms with Crippen LogP contribution in [0.3, 0.4) is 0 Å². The number of aromatic nitrogens is 1. The van der Waals surface area contributed by atoms with Crippen LogP contribution in [-0.2, 0) is 11.2 Å². The summed E-state index contributed by atoms with van der Waals surface area (Å²) in [6.45, 7) is 3.81. The van der Waals surface area contributed by atoms with E-state index < -0.39 is 0 Å². The third kappa shape index (κ3) is 5.75. The molecule has 3 N–H and O–H groups in total. The first-order chi connectivity index (χ1) is 10.6. The Bertz CT molecular complexity index is 523. The number of thiazole rings is 1. The van der Waals surface area contributed by atoms with Gasteiger partial charge in [0.2, 0.25) is 5.91 Å². The molecule has 0 spiro atoms. The van der Waals surface area contributed by atoms with Gasteiger partial charge in [0.25, 0.3) is 5.91 Å². The molecule has 0 aromatic carbocycles. The number of hydrogen-bond acceptors (Lipinski definition) is 5. The van der Waals surface area contributed by atoms with Gasteiger partial charge < -0.3 is 16.0 Å². The first-order valence-corrected chi connectivity index (χ1v) is 8.75. The summed E-state index contributed by atoms with van der Waals surface area (Å²) >= 11 is 1.48. The fourth-order valence-corrected chi connectivity index (χ4v) is 3.40. The minimum absolute atomic E-state index is 0. The second-order valence-electron chi connectivity index (χ2n) is 5.57. The van der Waals surface area contributed by atoms with E-state index in [9.17, 15) is 9.59 Å². The second kappa shape index (κ2) is 9.85. The summed E-state index contributed by atoms with van der Waals surface area (Å²) < 4.78 is 0. The number of amides is 2. The zero-order valence-electron chi connectivity index (χ0n) is 13.4. The molecule has 23 heavy (non-hydrogen) atoms. The van der Waals surface area contributed by atoms with Gasteiger partial charge in [0.1, 0.15) is 5.69 Å². The molecule has 2 amide bonds. The molecular weight excluding hydrogens is 336 g/mol. The predicted octanol–water partition coefficient (Wildman–Crippen LogP) is 1.59. The van der Waals surface area contributed by atoms with Gasteiger partial charge in [0.15, 0.2) is 0 Å². The van der Waals surface area contributed by atoms with Gasteiger partial charge in [-0.05, 0) is 25.8 Å². The zero-order valence-corrected chi connectivity index (χ0v) is 15.0. The summed E-state index contributed by atoms with van der Waals surface area (Å²) in [7, 11) is 0. The van der Waals surface area contributed by atoms with Crippen LogP contribution in [0.1, 0.15) is 48.1 Å². The van der Waals surface area contributed by atoms with Crippen molar-refractivity contribution in [1.82, 2.24) is 15.2 Å². The van der Waals surface area contributed by atoms with E-state index in [0.29, 0.717) is 31.6 Å². The summed E-state index contributed by atoms with van der Waals surface area (Å²) in [5, 5.41) is 5.71. The SMILES string of the molecule is CCCC(=O)NC1CCCN(C(=O)c2csc(CCN)n2)C1.Cl. The molecule has 130 valence electrons. The maximum atomic E-state index is 12.5. The Morgan fingerprint density at radius 3 is 3.00 bits per heavy atom. The standard InChI is InChI=1S/C15H24N4O2S.ClH/c1-2-4-13(20)17-11-5-3-8-19(9-11)15(21)12-10-22-14(18-12)6-7-16;/h10-11H,2-9,16H2,1H3,(H,17,20);1H. The quantitative estimate of drug-likeness (QED) is 0.806. The molecule has 1 unspecified atom stereocenters. The Balaban J connectivity index is 0.00000264. The van der Waals surface area contributed by atoms with Gasteiger partial charge in [-0.25, -0.2) is 4.98 Å². The van der Waals surface area contributed by atoms with Crippen LogP contribution in [0.15, 0.2) is 5.38 Å². The Labute approximate surface area is 147 Å². The van der Waals surface area contributed by atoms with Crippen LogP contribution in [0.25, 0.3) is 0 Å². The number of hydrogen-bond donors (Lipinski definition) is 2. The van der Waals surface area contributed by atoms with Crippen LogP contribution in [0.4, 0.5) is 0 Å². The molecule has 1 fully saturated rings. The van der Waals surface area contributed by atoms with Crippen molar-refractivity contribution in [2.75, 3.05) is 19.6 Å². The second-order valence-corrected chi connectivity index (χ2v) is 6.52. The molecule has 0 aliphatic carbocycles. The van der Waals surface area contributed by atoms with Crippen molar-refractivity contribution >= 4 is 35.6 Å². The number of likely N-dealkylation sites (tertiary alicyclic amines) is 1. The van der Waals surface area contributed by atoms with E-state index in [-0.39, 0.29) is 30.3 Å². The van der Waals surface area contributed by atoms with E-state index in [2.05, 4.69) is 10.3 Å². The lowest BCUT2D eigenvalue weighted by atomic mass is 10.0. The molecule has 1 atom stereocenters. The molecule has 0 radical (unpaired) electrons. The van der Waals surface area contributed by atoms with Crippen molar-refractivity contribution < 1.29 is 9.59 Å². The lowest BCUT2D eigenvalue weighted by molar-refractivity contribution is -0.122. The van der Waals surface area contributed by atoms with E-state index in [1.54, 1.807) is 10.3 Å². The van der Waals surface area contributed by atoms with Crippen LogP contribution < -0.4 is 11.1 Å². The summed E-state index contributed by atoms with van der Waals surface area (Å²) in [4.78, 5) is 30.3. The van der Waals surface area contributed by atoms with Crippen LogP contribution >= 0.6 is 23.7 Å². The first-order valence-electron chi connectivity index (χ1n) is 7.87. The number of nitrogens with two attached hydrogens (primary N) is 1. The highest BCUT2D eigenvalue weighted by atomic mass is 35.5. The normalized spacial score (nSPS) is 17.5. The Morgan fingerprint density at radius 2 is 2.30 bits per heavy atom. The number of nitrogens with zero attached hydrogens (tertiary/aromatic N) is 2. The van der Waals surface area contributed by atoms with E-state index in [0.717, 1.165) is 30.8 Å². The first kappa shape index (κ1) is 19.9. The van der Waals surface area contributed by atoms with Crippen molar-refractivity contribution in [3.8, 4) is 0 Å². The maximum Gasteiger partial charge on any atom is 0.273 e. The predicted molar refractivity (Wildman–Crippen MR) is 94.1 cm³/mol. The fraction of sp³-hybridized carbons (Fsp3) is 0.667. The smallest absolute Gasteiger partial charge is 0.273 e. The van der Waals surface area contributed by atoms with Crippen molar-refractivity contribution in [2.45, 2.75) is 45.1 Å². The Morgan fingerprint density at radius 1 is 1.52 bits per heavy atom. The van der Waals surface area contributed by atoms with Crippen LogP contribution in [0.5, 0.6) is 0 Å². The average Bonchev–Trinajstić information content (AvgIpc) is 2.96. The summed E-state index contributed by atoms with van der Waals surface area (Å²) in [5.74, 6) is 0.0228. The third-order valence-corrected chi connectivity index (χ3v) is 4.59. The number of rotatable bonds is 6. The van der Waals surface area contributed by atoms with Gasteiger partial charge >= 0.3 is 0 Å². The van der Waals surface area contributed by atoms with Gasteiger partial charge in [0, 0.05) is 37.4 Å². The zero-order chi connectivity index (χ0) is 15.9. The van der Waals surface area contributed by atoms with E-state index in [1.807, 2.05) is 6.92 Å². The van der Waals surface area contributed by atoms with Crippen molar-refractivity contribution in [2.24, 2.45) is 5.73 Å². The van der Waals surface area contributed by atoms with Crippen molar-refractivity contribution in [1.29, 1.82) is 0 Å². The van der Waals surface area contributed by atoms with Crippen LogP contribution in [-0.4, -0.2) is 47.4 Å². The van der Waals surface area contributed by atoms with Crippen molar-refractivity contribution in [3.05, 3.63) is 16.1 Å². The van der Waals surface area contributed by atoms with E-state index in [4.69, 9.17) is 5.73 Å². The lowest BCUT2D eigenvalue weighted by Crippen LogP contribution is -2.49. The van der Waals surface area contributed by atoms with E-state index in [1.165, 1.54) is 11.3 Å². The summed E-state index contributed by atoms with van der Waals surface area (Å²) in [5.41, 5.74) is 6.00. The number of halogens is 1. The number of nitrogens with one attached hydrogen (secondary N) is 1. The molecule has 0 saturated carbocycles. The highest BCUT2D eigenvalue weighted by Gasteiger charge is 2.26. The van der Waals surface area contributed by atoms with Gasteiger partial charge in [-0.2, -0.15) is 0 Å². The minimum Gasteiger partial charge on any atom is -0.352 e. The maximum absolute atomic E-state index is 12.5. The minimum atomic E-state index is -0.0473. The topological polar surface area (TPSA) is 88.3 Å². The lowest BCUT2D eigenvalue weighted by Gasteiger charge is -2.32. The highest BCUT2D eigenvalue weighted by Crippen LogP contribution is 2.16. The number of carbonyl (C=O) groups excluding carboxylic acids is 2. The Hall–Kier alpha value is -1.18. The number of carbonyl (C=O) groups is 2. The third-order valence-electron chi connectivity index (χ3n) is 3.68. The average molecular weight is 361 g/mol. The van der Waals surface area contributed by atoms with Gasteiger partial charge in [0.05, 0.1) is 5.01 Å². The molecule has 1 aliphatic heterocycles. The Kier molecular flexibility index (Phi) is 8.51. The molecule has 1 aromatic heterocycles. The number of piperidine rings is 1. The largest absolute Gasteiger partial charge is 0.352 e. The van der Waals surface area contributed by atoms with Crippen LogP contribution in [0, 0.1) is 0 Å². The van der Waals surface area contributed by atoms with Crippen molar-refractivity contribution in [3.63, 3.8) is 0 Å². The van der Waals surface area contributed by atoms with E-state index >= 15 is 0 Å². The summed E-state index contributed by atoms with van der Waals surface area (Å²) in [6, 6.07) is 0.0545. The molecule has 1 aliphatic rings. The van der Waals surface area contributed by atoms with Gasteiger partial charge in [-0.15, -0.1) is 23.7 Å². The molecule has 0 bridgehead atoms. The van der Waals surface area contributed by atoms with Crippen LogP contribution in [0.2, 0.25) is 0 Å². The molecule has 1 aromatic rings. The molecule has 2 rings (SSSR count). The molecule has 1 saturated heterocycles. The highest BCUT2D eigenvalue weighted by molar-refractivity contribution is 7.09. The molecule has 6 nitrogen and oxygen atoms in total. The molecular formula is C15H25ClN4O2S. The monoisotopic (exact) mass is 360 g/mol. The van der Waals surface area contributed by atoms with Gasteiger partial charge in [-0.3, -0.25) is 9.59 Å². The molecule has 8 heteroatoms. The summed E-state index contributed by atoms with van der Waals surface area (Å²) in [6.07, 6.45) is 3.91.